The molecule has 0 bridgehead atoms. The Labute approximate surface area is 255 Å². The standard InChI is InChI=1S/C40H52N2/c1-7-30(19-18-28(5)36-16-12-14-32-13-10-11-15-37(32)36)40-41-29(6)26-39(42-40)34-22-20-33(21-23-34)35(9-3)38-24-17-27(4)25-31(38)8-2/h10-13,15-17,20,22-26,28,30-33,35,38H,7-9,14,18-19,21H2,1-6H3. The molecule has 222 valence electrons. The highest BCUT2D eigenvalue weighted by Crippen LogP contribution is 2.41. The van der Waals surface area contributed by atoms with E-state index in [2.05, 4.69) is 121 Å². The molecule has 0 radical (unpaired) electrons. The lowest BCUT2D eigenvalue weighted by Crippen LogP contribution is -2.28. The highest BCUT2D eigenvalue weighted by atomic mass is 14.9. The van der Waals surface area contributed by atoms with Gasteiger partial charge in [0.25, 0.3) is 0 Å². The van der Waals surface area contributed by atoms with Crippen molar-refractivity contribution in [3.05, 3.63) is 113 Å². The molecule has 1 aromatic heterocycles. The number of rotatable bonds is 11. The van der Waals surface area contributed by atoms with Crippen molar-refractivity contribution >= 4 is 5.57 Å². The van der Waals surface area contributed by atoms with Crippen LogP contribution in [0.25, 0.3) is 5.57 Å². The number of aromatic nitrogens is 2. The number of nitrogens with zero attached hydrogens (tertiary/aromatic N) is 2. The summed E-state index contributed by atoms with van der Waals surface area (Å²) in [5.74, 6) is 5.04. The van der Waals surface area contributed by atoms with E-state index < -0.39 is 0 Å². The molecule has 0 spiro atoms. The molecule has 0 aromatic carbocycles. The summed E-state index contributed by atoms with van der Waals surface area (Å²) in [5.41, 5.74) is 7.89. The van der Waals surface area contributed by atoms with Crippen molar-refractivity contribution in [1.82, 2.24) is 9.97 Å². The smallest absolute Gasteiger partial charge is 0.132 e. The predicted octanol–water partition coefficient (Wildman–Crippen LogP) is 10.8. The van der Waals surface area contributed by atoms with Crippen molar-refractivity contribution in [1.29, 1.82) is 0 Å². The second kappa shape index (κ2) is 14.0. The predicted molar refractivity (Wildman–Crippen MR) is 180 cm³/mol. The van der Waals surface area contributed by atoms with Crippen molar-refractivity contribution in [2.24, 2.45) is 35.5 Å². The molecule has 0 N–H and O–H groups in total. The second-order valence-electron chi connectivity index (χ2n) is 13.1. The largest absolute Gasteiger partial charge is 0.238 e. The van der Waals surface area contributed by atoms with Crippen LogP contribution in [-0.4, -0.2) is 9.97 Å². The molecule has 5 rings (SSSR count). The zero-order chi connectivity index (χ0) is 29.6. The lowest BCUT2D eigenvalue weighted by Gasteiger charge is -2.36. The van der Waals surface area contributed by atoms with Crippen LogP contribution in [0.5, 0.6) is 0 Å². The van der Waals surface area contributed by atoms with E-state index in [9.17, 15) is 0 Å². The normalized spacial score (nSPS) is 27.0. The Bertz CT molecular complexity index is 1360. The van der Waals surface area contributed by atoms with Crippen LogP contribution in [0.2, 0.25) is 0 Å². The minimum absolute atomic E-state index is 0.382. The van der Waals surface area contributed by atoms with Crippen molar-refractivity contribution in [2.75, 3.05) is 0 Å². The Hall–Kier alpha value is -3.00. The number of hydrogen-bond donors (Lipinski definition) is 0. The fourth-order valence-electron chi connectivity index (χ4n) is 7.80. The highest BCUT2D eigenvalue weighted by Gasteiger charge is 2.31. The van der Waals surface area contributed by atoms with Crippen LogP contribution in [0.4, 0.5) is 0 Å². The molecule has 4 aliphatic carbocycles. The molecule has 0 saturated heterocycles. The van der Waals surface area contributed by atoms with Crippen molar-refractivity contribution < 1.29 is 0 Å². The van der Waals surface area contributed by atoms with Gasteiger partial charge in [0.2, 0.25) is 0 Å². The van der Waals surface area contributed by atoms with Gasteiger partial charge < -0.3 is 0 Å². The molecule has 42 heavy (non-hydrogen) atoms. The van der Waals surface area contributed by atoms with Gasteiger partial charge in [0.05, 0.1) is 5.69 Å². The topological polar surface area (TPSA) is 25.8 Å². The van der Waals surface area contributed by atoms with E-state index in [1.54, 1.807) is 0 Å². The van der Waals surface area contributed by atoms with E-state index in [0.29, 0.717) is 41.4 Å². The Morgan fingerprint density at radius 2 is 1.74 bits per heavy atom. The summed E-state index contributed by atoms with van der Waals surface area (Å²) in [6, 6.07) is 2.18. The van der Waals surface area contributed by atoms with Crippen LogP contribution in [0, 0.1) is 42.4 Å². The molecule has 0 saturated carbocycles. The second-order valence-corrected chi connectivity index (χ2v) is 13.1. The summed E-state index contributed by atoms with van der Waals surface area (Å²) in [6.07, 6.45) is 36.4. The molecule has 2 nitrogen and oxygen atoms in total. The van der Waals surface area contributed by atoms with E-state index in [-0.39, 0.29) is 0 Å². The van der Waals surface area contributed by atoms with Crippen molar-refractivity contribution in [2.45, 2.75) is 92.4 Å². The van der Waals surface area contributed by atoms with E-state index in [1.807, 2.05) is 0 Å². The van der Waals surface area contributed by atoms with Crippen LogP contribution >= 0.6 is 0 Å². The average molecular weight is 561 g/mol. The van der Waals surface area contributed by atoms with Crippen LogP contribution < -0.4 is 0 Å². The maximum Gasteiger partial charge on any atom is 0.132 e. The number of allylic oxidation sites excluding steroid dienone is 16. The molecule has 0 aliphatic heterocycles. The van der Waals surface area contributed by atoms with Crippen LogP contribution in [0.3, 0.4) is 0 Å². The highest BCUT2D eigenvalue weighted by molar-refractivity contribution is 5.72. The van der Waals surface area contributed by atoms with E-state index in [1.165, 1.54) is 35.1 Å². The van der Waals surface area contributed by atoms with Gasteiger partial charge in [-0.05, 0) is 105 Å². The first-order chi connectivity index (χ1) is 20.4. The first-order valence-electron chi connectivity index (χ1n) is 16.8. The third kappa shape index (κ3) is 6.80. The Morgan fingerprint density at radius 3 is 2.48 bits per heavy atom. The molecule has 0 fully saturated rings. The summed E-state index contributed by atoms with van der Waals surface area (Å²) in [5, 5.41) is 0. The molecule has 0 amide bonds. The summed E-state index contributed by atoms with van der Waals surface area (Å²) in [4.78, 5) is 10.2. The quantitative estimate of drug-likeness (QED) is 0.269. The number of hydrogen-bond acceptors (Lipinski definition) is 2. The molecule has 7 unspecified atom stereocenters. The van der Waals surface area contributed by atoms with Crippen molar-refractivity contribution in [3.8, 4) is 0 Å². The van der Waals surface area contributed by atoms with Gasteiger partial charge in [-0.2, -0.15) is 0 Å². The van der Waals surface area contributed by atoms with E-state index >= 15 is 0 Å². The summed E-state index contributed by atoms with van der Waals surface area (Å²) >= 11 is 0. The van der Waals surface area contributed by atoms with E-state index in [0.717, 1.165) is 49.3 Å². The van der Waals surface area contributed by atoms with Gasteiger partial charge in [-0.15, -0.1) is 0 Å². The minimum Gasteiger partial charge on any atom is -0.238 e. The Balaban J connectivity index is 1.27. The number of aryl methyl sites for hydroxylation is 1. The molecular formula is C40H52N2. The molecule has 4 aliphatic rings. The SMILES string of the molecule is CCC(CCC(C)C1=C2C=CC=CC2CC=C1)c1nc(C)cc(C2=CCC(C(CC)C3C=CC(C)=CC3CC)C=C2)n1. The summed E-state index contributed by atoms with van der Waals surface area (Å²) in [6.45, 7) is 13.8. The van der Waals surface area contributed by atoms with Gasteiger partial charge in [0.1, 0.15) is 5.82 Å². The van der Waals surface area contributed by atoms with Gasteiger partial charge >= 0.3 is 0 Å². The Kier molecular flexibility index (Phi) is 10.1. The van der Waals surface area contributed by atoms with Crippen LogP contribution in [0.15, 0.2) is 95.7 Å². The maximum absolute atomic E-state index is 5.20. The van der Waals surface area contributed by atoms with Crippen LogP contribution in [0.1, 0.15) is 103 Å². The lowest BCUT2D eigenvalue weighted by molar-refractivity contribution is 0.240. The average Bonchev–Trinajstić information content (AvgIpc) is 3.02. The minimum atomic E-state index is 0.382. The first kappa shape index (κ1) is 30.5. The lowest BCUT2D eigenvalue weighted by atomic mass is 9.69. The number of fused-ring (bicyclic) bond motifs is 1. The van der Waals surface area contributed by atoms with Gasteiger partial charge in [0.15, 0.2) is 0 Å². The molecule has 2 heteroatoms. The summed E-state index contributed by atoms with van der Waals surface area (Å²) < 4.78 is 0. The van der Waals surface area contributed by atoms with Gasteiger partial charge in [-0.3, -0.25) is 0 Å². The fraction of sp³-hybridized carbons (Fsp3) is 0.500. The van der Waals surface area contributed by atoms with Gasteiger partial charge in [0, 0.05) is 17.5 Å². The van der Waals surface area contributed by atoms with Gasteiger partial charge in [-0.1, -0.05) is 113 Å². The zero-order valence-corrected chi connectivity index (χ0v) is 26.9. The third-order valence-electron chi connectivity index (χ3n) is 10.3. The van der Waals surface area contributed by atoms with Gasteiger partial charge in [-0.25, -0.2) is 9.97 Å². The molecule has 1 aromatic rings. The van der Waals surface area contributed by atoms with Crippen LogP contribution in [-0.2, 0) is 0 Å². The third-order valence-corrected chi connectivity index (χ3v) is 10.3. The van der Waals surface area contributed by atoms with Crippen molar-refractivity contribution in [3.63, 3.8) is 0 Å². The zero-order valence-electron chi connectivity index (χ0n) is 26.9. The monoisotopic (exact) mass is 560 g/mol. The molecular weight excluding hydrogens is 508 g/mol. The Morgan fingerprint density at radius 1 is 0.881 bits per heavy atom. The maximum atomic E-state index is 5.20. The van der Waals surface area contributed by atoms with E-state index in [4.69, 9.17) is 9.97 Å². The fourth-order valence-corrected chi connectivity index (χ4v) is 7.80. The molecule has 7 atom stereocenters. The first-order valence-corrected chi connectivity index (χ1v) is 16.8. The summed E-state index contributed by atoms with van der Waals surface area (Å²) in [7, 11) is 0. The molecule has 1 heterocycles.